The second-order valence-corrected chi connectivity index (χ2v) is 6.63. The Labute approximate surface area is 181 Å². The number of aromatic nitrogens is 1. The van der Waals surface area contributed by atoms with Crippen LogP contribution < -0.4 is 19.6 Å². The Balaban J connectivity index is 1.68. The molecular weight excluding hydrogens is 394 g/mol. The van der Waals surface area contributed by atoms with Gasteiger partial charge in [0.1, 0.15) is 22.9 Å². The highest BCUT2D eigenvalue weighted by molar-refractivity contribution is 5.93. The van der Waals surface area contributed by atoms with Crippen LogP contribution in [0, 0.1) is 0 Å². The number of carbonyl (C=O) groups is 1. The number of nitrogens with one attached hydrogen (secondary N) is 1. The van der Waals surface area contributed by atoms with E-state index < -0.39 is 5.91 Å². The van der Waals surface area contributed by atoms with Gasteiger partial charge in [-0.15, -0.1) is 0 Å². The summed E-state index contributed by atoms with van der Waals surface area (Å²) in [6.07, 6.45) is 2.47. The fourth-order valence-corrected chi connectivity index (χ4v) is 2.79. The third-order valence-electron chi connectivity index (χ3n) is 4.36. The summed E-state index contributed by atoms with van der Waals surface area (Å²) in [6, 6.07) is 18.2. The van der Waals surface area contributed by atoms with Crippen LogP contribution in [-0.4, -0.2) is 37.9 Å². The van der Waals surface area contributed by atoms with Crippen molar-refractivity contribution < 1.29 is 19.0 Å². The van der Waals surface area contributed by atoms with E-state index in [1.54, 1.807) is 44.6 Å². The van der Waals surface area contributed by atoms with Crippen molar-refractivity contribution in [2.24, 2.45) is 5.10 Å². The Hall–Kier alpha value is -3.87. The Morgan fingerprint density at radius 1 is 1.00 bits per heavy atom. The van der Waals surface area contributed by atoms with Crippen LogP contribution in [0.5, 0.6) is 17.2 Å². The number of pyridine rings is 1. The summed E-state index contributed by atoms with van der Waals surface area (Å²) in [5.74, 6) is 1.67. The molecule has 0 unspecified atom stereocenters. The van der Waals surface area contributed by atoms with Gasteiger partial charge in [-0.3, -0.25) is 4.79 Å². The van der Waals surface area contributed by atoms with E-state index in [0.717, 1.165) is 23.3 Å². The topological polar surface area (TPSA) is 82.0 Å². The molecule has 0 radical (unpaired) electrons. The summed E-state index contributed by atoms with van der Waals surface area (Å²) in [5.41, 5.74) is 5.08. The van der Waals surface area contributed by atoms with Gasteiger partial charge in [-0.25, -0.2) is 10.4 Å². The second-order valence-electron chi connectivity index (χ2n) is 6.63. The van der Waals surface area contributed by atoms with Crippen molar-refractivity contribution in [2.45, 2.75) is 13.3 Å². The summed E-state index contributed by atoms with van der Waals surface area (Å²) >= 11 is 0. The predicted octanol–water partition coefficient (Wildman–Crippen LogP) is 4.32. The highest BCUT2D eigenvalue weighted by atomic mass is 16.5. The number of amides is 1. The zero-order valence-electron chi connectivity index (χ0n) is 17.8. The fraction of sp³-hybridized carbons (Fsp3) is 0.208. The Bertz CT molecular complexity index is 1030. The van der Waals surface area contributed by atoms with Gasteiger partial charge in [-0.1, -0.05) is 13.0 Å². The number of hydrogen-bond acceptors (Lipinski definition) is 6. The molecule has 0 aliphatic carbocycles. The number of rotatable bonds is 9. The van der Waals surface area contributed by atoms with Gasteiger partial charge in [-0.2, -0.15) is 5.10 Å². The van der Waals surface area contributed by atoms with E-state index in [1.807, 2.05) is 30.3 Å². The van der Waals surface area contributed by atoms with Crippen molar-refractivity contribution in [1.82, 2.24) is 10.4 Å². The van der Waals surface area contributed by atoms with Crippen molar-refractivity contribution >= 4 is 12.1 Å². The average molecular weight is 419 g/mol. The monoisotopic (exact) mass is 419 g/mol. The molecular formula is C24H25N3O4. The van der Waals surface area contributed by atoms with Gasteiger partial charge in [-0.05, 0) is 55.0 Å². The first-order valence-corrected chi connectivity index (χ1v) is 9.89. The minimum absolute atomic E-state index is 0.268. The normalized spacial score (nSPS) is 10.7. The van der Waals surface area contributed by atoms with Gasteiger partial charge in [0, 0.05) is 17.2 Å². The molecule has 2 aromatic carbocycles. The zero-order chi connectivity index (χ0) is 22.1. The van der Waals surface area contributed by atoms with E-state index in [4.69, 9.17) is 14.2 Å². The van der Waals surface area contributed by atoms with Gasteiger partial charge >= 0.3 is 0 Å². The summed E-state index contributed by atoms with van der Waals surface area (Å²) in [6.45, 7) is 2.74. The van der Waals surface area contributed by atoms with Crippen LogP contribution in [0.25, 0.3) is 11.3 Å². The molecule has 7 heteroatoms. The molecule has 0 saturated carbocycles. The Morgan fingerprint density at radius 3 is 2.35 bits per heavy atom. The lowest BCUT2D eigenvalue weighted by Crippen LogP contribution is -2.19. The molecule has 1 N–H and O–H groups in total. The quantitative estimate of drug-likeness (QED) is 0.413. The maximum atomic E-state index is 12.5. The Morgan fingerprint density at radius 2 is 1.71 bits per heavy atom. The van der Waals surface area contributed by atoms with E-state index in [0.29, 0.717) is 23.8 Å². The molecule has 0 atom stereocenters. The third-order valence-corrected chi connectivity index (χ3v) is 4.36. The van der Waals surface area contributed by atoms with Crippen molar-refractivity contribution in [2.75, 3.05) is 20.8 Å². The SMILES string of the molecule is CCCOc1ccc(-c2cccc(C(=O)N/N=C/c3cc(OC)cc(OC)c3)n2)cc1. The summed E-state index contributed by atoms with van der Waals surface area (Å²) < 4.78 is 16.1. The molecule has 3 aromatic rings. The van der Waals surface area contributed by atoms with Gasteiger partial charge < -0.3 is 14.2 Å². The molecule has 3 rings (SSSR count). The molecule has 7 nitrogen and oxygen atoms in total. The number of hydrogen-bond donors (Lipinski definition) is 1. The van der Waals surface area contributed by atoms with Crippen molar-refractivity contribution in [3.8, 4) is 28.5 Å². The largest absolute Gasteiger partial charge is 0.497 e. The summed E-state index contributed by atoms with van der Waals surface area (Å²) in [4.78, 5) is 16.9. The van der Waals surface area contributed by atoms with E-state index in [-0.39, 0.29) is 5.69 Å². The number of hydrazone groups is 1. The van der Waals surface area contributed by atoms with Crippen LogP contribution in [0.15, 0.2) is 65.8 Å². The first-order valence-electron chi connectivity index (χ1n) is 9.89. The Kier molecular flexibility index (Phi) is 7.59. The van der Waals surface area contributed by atoms with E-state index >= 15 is 0 Å². The predicted molar refractivity (Wildman–Crippen MR) is 120 cm³/mol. The zero-order valence-corrected chi connectivity index (χ0v) is 17.8. The molecule has 160 valence electrons. The van der Waals surface area contributed by atoms with Crippen LogP contribution in [0.3, 0.4) is 0 Å². The highest BCUT2D eigenvalue weighted by Gasteiger charge is 2.09. The molecule has 1 amide bonds. The van der Waals surface area contributed by atoms with Crippen molar-refractivity contribution in [1.29, 1.82) is 0 Å². The van der Waals surface area contributed by atoms with E-state index in [2.05, 4.69) is 22.4 Å². The lowest BCUT2D eigenvalue weighted by atomic mass is 10.1. The molecule has 0 bridgehead atoms. The van der Waals surface area contributed by atoms with Crippen LogP contribution in [-0.2, 0) is 0 Å². The van der Waals surface area contributed by atoms with E-state index in [1.165, 1.54) is 6.21 Å². The number of ether oxygens (including phenoxy) is 3. The molecule has 1 heterocycles. The summed E-state index contributed by atoms with van der Waals surface area (Å²) in [7, 11) is 3.14. The maximum absolute atomic E-state index is 12.5. The number of benzene rings is 2. The molecule has 0 spiro atoms. The lowest BCUT2D eigenvalue weighted by molar-refractivity contribution is 0.0950. The highest BCUT2D eigenvalue weighted by Crippen LogP contribution is 2.22. The second kappa shape index (κ2) is 10.8. The van der Waals surface area contributed by atoms with Crippen LogP contribution in [0.4, 0.5) is 0 Å². The maximum Gasteiger partial charge on any atom is 0.289 e. The van der Waals surface area contributed by atoms with Gasteiger partial charge in [0.15, 0.2) is 0 Å². The molecule has 0 aliphatic heterocycles. The smallest absolute Gasteiger partial charge is 0.289 e. The van der Waals surface area contributed by atoms with Crippen molar-refractivity contribution in [3.63, 3.8) is 0 Å². The molecule has 0 fully saturated rings. The van der Waals surface area contributed by atoms with Crippen LogP contribution in [0.2, 0.25) is 0 Å². The molecule has 0 aliphatic rings. The van der Waals surface area contributed by atoms with Gasteiger partial charge in [0.2, 0.25) is 0 Å². The van der Waals surface area contributed by atoms with Gasteiger partial charge in [0.05, 0.1) is 32.7 Å². The van der Waals surface area contributed by atoms with E-state index in [9.17, 15) is 4.79 Å². The first-order chi connectivity index (χ1) is 15.1. The van der Waals surface area contributed by atoms with Crippen LogP contribution in [0.1, 0.15) is 29.4 Å². The first kappa shape index (κ1) is 21.8. The third kappa shape index (κ3) is 6.05. The molecule has 0 saturated heterocycles. The number of nitrogens with zero attached hydrogens (tertiary/aromatic N) is 2. The standard InChI is InChI=1S/C24H25N3O4/c1-4-12-31-19-10-8-18(9-11-19)22-6-5-7-23(26-22)24(28)27-25-16-17-13-20(29-2)15-21(14-17)30-3/h5-11,13-16H,4,12H2,1-3H3,(H,27,28)/b25-16+. The number of carbonyl (C=O) groups excluding carboxylic acids is 1. The molecule has 31 heavy (non-hydrogen) atoms. The minimum atomic E-state index is -0.407. The molecule has 1 aromatic heterocycles. The summed E-state index contributed by atoms with van der Waals surface area (Å²) in [5, 5.41) is 4.02. The average Bonchev–Trinajstić information content (AvgIpc) is 2.82. The van der Waals surface area contributed by atoms with Crippen molar-refractivity contribution in [3.05, 3.63) is 71.9 Å². The lowest BCUT2D eigenvalue weighted by Gasteiger charge is -2.07. The van der Waals surface area contributed by atoms with Crippen LogP contribution >= 0.6 is 0 Å². The fourth-order valence-electron chi connectivity index (χ4n) is 2.79. The number of methoxy groups -OCH3 is 2. The van der Waals surface area contributed by atoms with Gasteiger partial charge in [0.25, 0.3) is 5.91 Å². The minimum Gasteiger partial charge on any atom is -0.497 e.